The summed E-state index contributed by atoms with van der Waals surface area (Å²) in [5, 5.41) is 7.84. The lowest BCUT2D eigenvalue weighted by Crippen LogP contribution is -2.15. The van der Waals surface area contributed by atoms with Gasteiger partial charge in [0.2, 0.25) is 5.91 Å². The fourth-order valence-electron chi connectivity index (χ4n) is 1.87. The van der Waals surface area contributed by atoms with Gasteiger partial charge in [-0.25, -0.2) is 4.68 Å². The van der Waals surface area contributed by atoms with E-state index >= 15 is 0 Å². The second kappa shape index (κ2) is 7.10. The van der Waals surface area contributed by atoms with Crippen molar-refractivity contribution in [3.05, 3.63) is 47.1 Å². The van der Waals surface area contributed by atoms with Gasteiger partial charge in [-0.1, -0.05) is 37.1 Å². The van der Waals surface area contributed by atoms with Crippen molar-refractivity contribution in [2.24, 2.45) is 0 Å². The van der Waals surface area contributed by atoms with Crippen LogP contribution in [0, 0.1) is 0 Å². The van der Waals surface area contributed by atoms with Crippen molar-refractivity contribution in [3.63, 3.8) is 0 Å². The molecule has 0 unspecified atom stereocenters. The Morgan fingerprint density at radius 2 is 2.05 bits per heavy atom. The molecule has 0 aliphatic heterocycles. The number of benzene rings is 1. The van der Waals surface area contributed by atoms with Gasteiger partial charge in [0.15, 0.2) is 0 Å². The number of aromatic nitrogens is 2. The van der Waals surface area contributed by atoms with E-state index in [0.29, 0.717) is 18.0 Å². The van der Waals surface area contributed by atoms with Crippen LogP contribution in [-0.4, -0.2) is 15.7 Å². The normalized spacial score (nSPS) is 10.5. The standard InChI is InChI=1S/C15H18ClN3O/c1-2-3-4-15(20)18-14-9-10-17-19(14)11-12-5-7-13(16)8-6-12/h5-10H,2-4,11H2,1H3,(H,18,20). The highest BCUT2D eigenvalue weighted by molar-refractivity contribution is 6.30. The zero-order chi connectivity index (χ0) is 14.4. The van der Waals surface area contributed by atoms with E-state index in [1.165, 1.54) is 0 Å². The summed E-state index contributed by atoms with van der Waals surface area (Å²) in [4.78, 5) is 11.7. The van der Waals surface area contributed by atoms with Crippen LogP contribution in [0.15, 0.2) is 36.5 Å². The molecule has 20 heavy (non-hydrogen) atoms. The number of unbranched alkanes of at least 4 members (excludes halogenated alkanes) is 1. The van der Waals surface area contributed by atoms with E-state index in [2.05, 4.69) is 17.3 Å². The van der Waals surface area contributed by atoms with Gasteiger partial charge in [-0.2, -0.15) is 5.10 Å². The quantitative estimate of drug-likeness (QED) is 0.882. The highest BCUT2D eigenvalue weighted by Gasteiger charge is 2.07. The van der Waals surface area contributed by atoms with Gasteiger partial charge >= 0.3 is 0 Å². The summed E-state index contributed by atoms with van der Waals surface area (Å²) in [5.41, 5.74) is 1.09. The number of nitrogens with one attached hydrogen (secondary N) is 1. The summed E-state index contributed by atoms with van der Waals surface area (Å²) < 4.78 is 1.77. The van der Waals surface area contributed by atoms with E-state index in [9.17, 15) is 4.79 Å². The molecular weight excluding hydrogens is 274 g/mol. The van der Waals surface area contributed by atoms with Crippen LogP contribution in [0.4, 0.5) is 5.82 Å². The van der Waals surface area contributed by atoms with E-state index in [0.717, 1.165) is 24.2 Å². The van der Waals surface area contributed by atoms with E-state index in [-0.39, 0.29) is 5.91 Å². The van der Waals surface area contributed by atoms with E-state index in [1.807, 2.05) is 24.3 Å². The monoisotopic (exact) mass is 291 g/mol. The molecule has 0 spiro atoms. The number of hydrogen-bond acceptors (Lipinski definition) is 2. The Balaban J connectivity index is 2.01. The second-order valence-corrected chi connectivity index (χ2v) is 5.09. The summed E-state index contributed by atoms with van der Waals surface area (Å²) in [6.07, 6.45) is 4.14. The molecule has 1 aromatic carbocycles. The molecule has 106 valence electrons. The molecule has 1 aromatic heterocycles. The number of carbonyl (C=O) groups excluding carboxylic acids is 1. The number of carbonyl (C=O) groups is 1. The number of rotatable bonds is 6. The number of hydrogen-bond donors (Lipinski definition) is 1. The van der Waals surface area contributed by atoms with Gasteiger partial charge in [0, 0.05) is 17.5 Å². The first-order chi connectivity index (χ1) is 9.69. The Labute approximate surface area is 123 Å². The first kappa shape index (κ1) is 14.6. The van der Waals surface area contributed by atoms with Crippen molar-refractivity contribution in [2.45, 2.75) is 32.7 Å². The molecule has 5 heteroatoms. The Kier molecular flexibility index (Phi) is 5.18. The molecule has 0 saturated carbocycles. The van der Waals surface area contributed by atoms with Crippen molar-refractivity contribution >= 4 is 23.3 Å². The minimum absolute atomic E-state index is 0.0321. The second-order valence-electron chi connectivity index (χ2n) is 4.65. The van der Waals surface area contributed by atoms with E-state index < -0.39 is 0 Å². The zero-order valence-electron chi connectivity index (χ0n) is 11.5. The van der Waals surface area contributed by atoms with Crippen molar-refractivity contribution in [2.75, 3.05) is 5.32 Å². The van der Waals surface area contributed by atoms with Crippen molar-refractivity contribution < 1.29 is 4.79 Å². The molecule has 0 atom stereocenters. The number of anilines is 1. The van der Waals surface area contributed by atoms with Gasteiger partial charge in [0.1, 0.15) is 5.82 Å². The predicted molar refractivity (Wildman–Crippen MR) is 80.9 cm³/mol. The summed E-state index contributed by atoms with van der Waals surface area (Å²) in [5.74, 6) is 0.755. The molecule has 1 N–H and O–H groups in total. The number of amides is 1. The molecule has 0 aliphatic rings. The van der Waals surface area contributed by atoms with Gasteiger partial charge in [0.05, 0.1) is 12.7 Å². The lowest BCUT2D eigenvalue weighted by Gasteiger charge is -2.09. The SMILES string of the molecule is CCCCC(=O)Nc1ccnn1Cc1ccc(Cl)cc1. The van der Waals surface area contributed by atoms with Crippen LogP contribution in [0.1, 0.15) is 31.7 Å². The van der Waals surface area contributed by atoms with Crippen molar-refractivity contribution in [3.8, 4) is 0 Å². The van der Waals surface area contributed by atoms with E-state index in [1.54, 1.807) is 16.9 Å². The molecule has 4 nitrogen and oxygen atoms in total. The van der Waals surface area contributed by atoms with Crippen molar-refractivity contribution in [1.82, 2.24) is 9.78 Å². The molecule has 0 radical (unpaired) electrons. The Bertz CT molecular complexity index is 563. The highest BCUT2D eigenvalue weighted by Crippen LogP contribution is 2.14. The third kappa shape index (κ3) is 4.10. The fraction of sp³-hybridized carbons (Fsp3) is 0.333. The van der Waals surface area contributed by atoms with Gasteiger partial charge in [0.25, 0.3) is 0 Å². The average molecular weight is 292 g/mol. The predicted octanol–water partition coefficient (Wildman–Crippen LogP) is 3.71. The third-order valence-corrected chi connectivity index (χ3v) is 3.24. The maximum absolute atomic E-state index is 11.7. The number of halogens is 1. The first-order valence-electron chi connectivity index (χ1n) is 6.75. The number of nitrogens with zero attached hydrogens (tertiary/aromatic N) is 2. The molecular formula is C15H18ClN3O. The van der Waals surface area contributed by atoms with Crippen LogP contribution in [0.2, 0.25) is 5.02 Å². The highest BCUT2D eigenvalue weighted by atomic mass is 35.5. The molecule has 0 saturated heterocycles. The van der Waals surface area contributed by atoms with Crippen LogP contribution in [0.5, 0.6) is 0 Å². The van der Waals surface area contributed by atoms with Gasteiger partial charge in [-0.15, -0.1) is 0 Å². The van der Waals surface area contributed by atoms with E-state index in [4.69, 9.17) is 11.6 Å². The maximum atomic E-state index is 11.7. The lowest BCUT2D eigenvalue weighted by atomic mass is 10.2. The molecule has 1 heterocycles. The molecule has 2 rings (SSSR count). The van der Waals surface area contributed by atoms with Gasteiger partial charge in [-0.05, 0) is 24.1 Å². The smallest absolute Gasteiger partial charge is 0.225 e. The van der Waals surface area contributed by atoms with Crippen LogP contribution in [-0.2, 0) is 11.3 Å². The minimum atomic E-state index is 0.0321. The molecule has 1 amide bonds. The summed E-state index contributed by atoms with van der Waals surface area (Å²) in [7, 11) is 0. The topological polar surface area (TPSA) is 46.9 Å². The van der Waals surface area contributed by atoms with Crippen molar-refractivity contribution in [1.29, 1.82) is 0 Å². The third-order valence-electron chi connectivity index (χ3n) is 2.99. The Morgan fingerprint density at radius 3 is 2.75 bits per heavy atom. The molecule has 0 bridgehead atoms. The fourth-order valence-corrected chi connectivity index (χ4v) is 2.00. The Morgan fingerprint density at radius 1 is 1.30 bits per heavy atom. The summed E-state index contributed by atoms with van der Waals surface area (Å²) in [6.45, 7) is 2.67. The summed E-state index contributed by atoms with van der Waals surface area (Å²) in [6, 6.07) is 9.40. The molecule has 0 aliphatic carbocycles. The maximum Gasteiger partial charge on any atom is 0.225 e. The minimum Gasteiger partial charge on any atom is -0.311 e. The first-order valence-corrected chi connectivity index (χ1v) is 7.13. The van der Waals surface area contributed by atoms with Crippen LogP contribution in [0.3, 0.4) is 0 Å². The average Bonchev–Trinajstić information content (AvgIpc) is 2.86. The Hall–Kier alpha value is -1.81. The lowest BCUT2D eigenvalue weighted by molar-refractivity contribution is -0.116. The van der Waals surface area contributed by atoms with Crippen LogP contribution in [0.25, 0.3) is 0 Å². The van der Waals surface area contributed by atoms with Crippen LogP contribution < -0.4 is 5.32 Å². The van der Waals surface area contributed by atoms with Gasteiger partial charge < -0.3 is 5.32 Å². The molecule has 2 aromatic rings. The van der Waals surface area contributed by atoms with Gasteiger partial charge in [-0.3, -0.25) is 4.79 Å². The zero-order valence-corrected chi connectivity index (χ0v) is 12.2. The summed E-state index contributed by atoms with van der Waals surface area (Å²) >= 11 is 5.86. The molecule has 0 fully saturated rings. The largest absolute Gasteiger partial charge is 0.311 e. The van der Waals surface area contributed by atoms with Crippen LogP contribution >= 0.6 is 11.6 Å².